The van der Waals surface area contributed by atoms with E-state index in [0.717, 1.165) is 36.6 Å². The molecular formula is C27H42N2O. The molecule has 0 spiro atoms. The molecule has 2 rings (SSSR count). The fourth-order valence-corrected chi connectivity index (χ4v) is 3.51. The van der Waals surface area contributed by atoms with E-state index in [4.69, 9.17) is 4.74 Å². The Morgan fingerprint density at radius 1 is 0.767 bits per heavy atom. The van der Waals surface area contributed by atoms with Gasteiger partial charge in [-0.3, -0.25) is 0 Å². The smallest absolute Gasteiger partial charge is 0.159 e. The highest BCUT2D eigenvalue weighted by atomic mass is 16.5. The van der Waals surface area contributed by atoms with Crippen LogP contribution in [-0.2, 0) is 6.42 Å². The highest BCUT2D eigenvalue weighted by molar-refractivity contribution is 5.55. The minimum absolute atomic E-state index is 0.580. The van der Waals surface area contributed by atoms with Crippen LogP contribution in [0, 0.1) is 5.92 Å². The number of hydrogen-bond donors (Lipinski definition) is 0. The van der Waals surface area contributed by atoms with Crippen LogP contribution in [-0.4, -0.2) is 16.6 Å². The Bertz CT molecular complexity index is 666. The second kappa shape index (κ2) is 15.0. The second-order valence-corrected chi connectivity index (χ2v) is 8.70. The molecule has 166 valence electrons. The summed E-state index contributed by atoms with van der Waals surface area (Å²) in [4.78, 5) is 9.16. The molecule has 1 unspecified atom stereocenters. The highest BCUT2D eigenvalue weighted by Gasteiger charge is 2.04. The quantitative estimate of drug-likeness (QED) is 0.263. The largest absolute Gasteiger partial charge is 0.493 e. The van der Waals surface area contributed by atoms with E-state index in [1.54, 1.807) is 0 Å². The summed E-state index contributed by atoms with van der Waals surface area (Å²) in [5.74, 6) is 2.28. The molecule has 1 aromatic heterocycles. The van der Waals surface area contributed by atoms with Gasteiger partial charge in [0.2, 0.25) is 0 Å². The van der Waals surface area contributed by atoms with Gasteiger partial charge in [-0.25, -0.2) is 9.97 Å². The van der Waals surface area contributed by atoms with Gasteiger partial charge >= 0.3 is 0 Å². The Hall–Kier alpha value is -1.90. The van der Waals surface area contributed by atoms with Crippen LogP contribution in [0.15, 0.2) is 36.7 Å². The molecule has 3 heteroatoms. The first-order chi connectivity index (χ1) is 14.7. The van der Waals surface area contributed by atoms with E-state index >= 15 is 0 Å². The van der Waals surface area contributed by atoms with E-state index in [1.807, 2.05) is 36.7 Å². The molecule has 30 heavy (non-hydrogen) atoms. The van der Waals surface area contributed by atoms with Gasteiger partial charge in [-0.05, 0) is 48.6 Å². The van der Waals surface area contributed by atoms with Gasteiger partial charge in [0.1, 0.15) is 5.75 Å². The van der Waals surface area contributed by atoms with Crippen molar-refractivity contribution >= 4 is 0 Å². The lowest BCUT2D eigenvalue weighted by Gasteiger charge is -2.11. The molecule has 0 aliphatic carbocycles. The van der Waals surface area contributed by atoms with Crippen molar-refractivity contribution in [1.29, 1.82) is 0 Å². The van der Waals surface area contributed by atoms with Crippen LogP contribution in [0.1, 0.15) is 97.0 Å². The van der Waals surface area contributed by atoms with Crippen molar-refractivity contribution in [3.05, 3.63) is 42.2 Å². The van der Waals surface area contributed by atoms with Gasteiger partial charge in [0.15, 0.2) is 5.82 Å². The van der Waals surface area contributed by atoms with Gasteiger partial charge in [0, 0.05) is 18.0 Å². The van der Waals surface area contributed by atoms with Crippen molar-refractivity contribution in [2.24, 2.45) is 5.92 Å². The van der Waals surface area contributed by atoms with Gasteiger partial charge in [-0.2, -0.15) is 0 Å². The van der Waals surface area contributed by atoms with Crippen LogP contribution < -0.4 is 4.74 Å². The average Bonchev–Trinajstić information content (AvgIpc) is 2.79. The maximum Gasteiger partial charge on any atom is 0.159 e. The molecule has 0 saturated heterocycles. The van der Waals surface area contributed by atoms with Crippen molar-refractivity contribution in [3.63, 3.8) is 0 Å². The molecular weight excluding hydrogens is 368 g/mol. The molecule has 0 fully saturated rings. The van der Waals surface area contributed by atoms with E-state index in [-0.39, 0.29) is 0 Å². The summed E-state index contributed by atoms with van der Waals surface area (Å²) in [5.41, 5.74) is 2.28. The van der Waals surface area contributed by atoms with Crippen LogP contribution in [0.3, 0.4) is 0 Å². The summed E-state index contributed by atoms with van der Waals surface area (Å²) in [6, 6.07) is 8.12. The van der Waals surface area contributed by atoms with Crippen LogP contribution in [0.4, 0.5) is 0 Å². The van der Waals surface area contributed by atoms with Crippen molar-refractivity contribution in [1.82, 2.24) is 9.97 Å². The molecule has 1 atom stereocenters. The van der Waals surface area contributed by atoms with Gasteiger partial charge < -0.3 is 4.74 Å². The molecule has 1 aromatic carbocycles. The highest BCUT2D eigenvalue weighted by Crippen LogP contribution is 2.20. The van der Waals surface area contributed by atoms with Gasteiger partial charge in [-0.1, -0.05) is 85.0 Å². The standard InChI is InChI=1S/C27H42N2O/c1-4-6-7-8-9-10-11-12-13-14-15-24-20-28-27(29-21-24)25-16-18-26(19-17-25)30-22-23(3)5-2/h16-21,23H,4-15,22H2,1-3H3. The molecule has 0 aliphatic rings. The Morgan fingerprint density at radius 3 is 1.90 bits per heavy atom. The number of benzene rings is 1. The third-order valence-electron chi connectivity index (χ3n) is 5.87. The minimum atomic E-state index is 0.580. The van der Waals surface area contributed by atoms with Crippen LogP contribution >= 0.6 is 0 Å². The zero-order valence-corrected chi connectivity index (χ0v) is 19.5. The maximum absolute atomic E-state index is 5.83. The predicted molar refractivity (Wildman–Crippen MR) is 128 cm³/mol. The summed E-state index contributed by atoms with van der Waals surface area (Å²) in [6.45, 7) is 7.44. The normalized spacial score (nSPS) is 12.1. The number of ether oxygens (including phenoxy) is 1. The number of rotatable bonds is 16. The van der Waals surface area contributed by atoms with Crippen molar-refractivity contribution < 1.29 is 4.74 Å². The van der Waals surface area contributed by atoms with Crippen molar-refractivity contribution in [2.45, 2.75) is 97.8 Å². The zero-order valence-electron chi connectivity index (χ0n) is 19.5. The fourth-order valence-electron chi connectivity index (χ4n) is 3.51. The lowest BCUT2D eigenvalue weighted by molar-refractivity contribution is 0.256. The molecule has 0 bridgehead atoms. The van der Waals surface area contributed by atoms with Crippen LogP contribution in [0.2, 0.25) is 0 Å². The first-order valence-corrected chi connectivity index (χ1v) is 12.3. The van der Waals surface area contributed by atoms with E-state index in [0.29, 0.717) is 5.92 Å². The van der Waals surface area contributed by atoms with Crippen LogP contribution in [0.5, 0.6) is 5.75 Å². The van der Waals surface area contributed by atoms with Gasteiger partial charge in [0.25, 0.3) is 0 Å². The van der Waals surface area contributed by atoms with E-state index in [1.165, 1.54) is 69.8 Å². The summed E-state index contributed by atoms with van der Waals surface area (Å²) in [7, 11) is 0. The Labute approximate surface area is 184 Å². The fraction of sp³-hybridized carbons (Fsp3) is 0.630. The third-order valence-corrected chi connectivity index (χ3v) is 5.87. The van der Waals surface area contributed by atoms with Crippen molar-refractivity contribution in [3.8, 4) is 17.1 Å². The lowest BCUT2D eigenvalue weighted by atomic mass is 10.0. The topological polar surface area (TPSA) is 35.0 Å². The number of unbranched alkanes of at least 4 members (excludes halogenated alkanes) is 9. The van der Waals surface area contributed by atoms with Crippen molar-refractivity contribution in [2.75, 3.05) is 6.61 Å². The monoisotopic (exact) mass is 410 g/mol. The number of hydrogen-bond acceptors (Lipinski definition) is 3. The van der Waals surface area contributed by atoms with Gasteiger partial charge in [-0.15, -0.1) is 0 Å². The summed E-state index contributed by atoms with van der Waals surface area (Å²) >= 11 is 0. The minimum Gasteiger partial charge on any atom is -0.493 e. The number of aryl methyl sites for hydroxylation is 1. The maximum atomic E-state index is 5.83. The molecule has 0 amide bonds. The van der Waals surface area contributed by atoms with E-state index < -0.39 is 0 Å². The first kappa shape index (κ1) is 24.4. The van der Waals surface area contributed by atoms with E-state index in [2.05, 4.69) is 30.7 Å². The zero-order chi connectivity index (χ0) is 21.4. The molecule has 2 aromatic rings. The Balaban J connectivity index is 1.64. The summed E-state index contributed by atoms with van der Waals surface area (Å²) in [6.07, 6.45) is 19.9. The predicted octanol–water partition coefficient (Wildman–Crippen LogP) is 8.03. The lowest BCUT2D eigenvalue weighted by Crippen LogP contribution is -2.07. The number of nitrogens with zero attached hydrogens (tertiary/aromatic N) is 2. The first-order valence-electron chi connectivity index (χ1n) is 12.3. The molecule has 1 heterocycles. The molecule has 0 N–H and O–H groups in total. The number of aromatic nitrogens is 2. The molecule has 0 aliphatic heterocycles. The molecule has 0 radical (unpaired) electrons. The Kier molecular flexibility index (Phi) is 12.2. The van der Waals surface area contributed by atoms with Crippen LogP contribution in [0.25, 0.3) is 11.4 Å². The Morgan fingerprint density at radius 2 is 1.33 bits per heavy atom. The summed E-state index contributed by atoms with van der Waals surface area (Å²) in [5, 5.41) is 0. The second-order valence-electron chi connectivity index (χ2n) is 8.70. The molecule has 3 nitrogen and oxygen atoms in total. The SMILES string of the molecule is CCCCCCCCCCCCc1cnc(-c2ccc(OCC(C)CC)cc2)nc1. The summed E-state index contributed by atoms with van der Waals surface area (Å²) < 4.78 is 5.83. The van der Waals surface area contributed by atoms with Gasteiger partial charge in [0.05, 0.1) is 6.61 Å². The van der Waals surface area contributed by atoms with E-state index in [9.17, 15) is 0 Å². The molecule has 0 saturated carbocycles. The average molecular weight is 411 g/mol. The third kappa shape index (κ3) is 9.73.